The number of benzene rings is 6. The molecule has 0 aliphatic heterocycles. The minimum Gasteiger partial charge on any atom is -0.309 e. The third kappa shape index (κ3) is 4.15. The maximum Gasteiger partial charge on any atom is 0.144 e. The number of hydrogen-bond donors (Lipinski definition) is 0. The first-order valence-corrected chi connectivity index (χ1v) is 16.0. The van der Waals surface area contributed by atoms with E-state index in [1.807, 2.05) is 29.8 Å². The predicted octanol–water partition coefficient (Wildman–Crippen LogP) is 11.2. The molecule has 3 nitrogen and oxygen atoms in total. The molecule has 0 aliphatic carbocycles. The van der Waals surface area contributed by atoms with Crippen LogP contribution >= 0.6 is 11.3 Å². The molecule has 45 heavy (non-hydrogen) atoms. The van der Waals surface area contributed by atoms with E-state index in [9.17, 15) is 0 Å². The van der Waals surface area contributed by atoms with Crippen LogP contribution in [0.25, 0.3) is 76.2 Å². The third-order valence-electron chi connectivity index (χ3n) is 8.65. The van der Waals surface area contributed by atoms with Gasteiger partial charge in [0, 0.05) is 60.6 Å². The summed E-state index contributed by atoms with van der Waals surface area (Å²) < 4.78 is 5.88. The summed E-state index contributed by atoms with van der Waals surface area (Å²) in [6.45, 7) is 0. The van der Waals surface area contributed by atoms with Crippen molar-refractivity contribution in [3.05, 3.63) is 164 Å². The molecule has 3 heterocycles. The zero-order valence-corrected chi connectivity index (χ0v) is 25.2. The van der Waals surface area contributed by atoms with E-state index < -0.39 is 0 Å². The second-order valence-electron chi connectivity index (χ2n) is 11.2. The van der Waals surface area contributed by atoms with E-state index in [1.54, 1.807) is 0 Å². The molecule has 0 aliphatic rings. The van der Waals surface area contributed by atoms with Gasteiger partial charge in [-0.05, 0) is 47.5 Å². The maximum atomic E-state index is 4.66. The van der Waals surface area contributed by atoms with Gasteiger partial charge < -0.3 is 4.57 Å². The normalized spacial score (nSPS) is 11.6. The van der Waals surface area contributed by atoms with E-state index in [1.165, 1.54) is 53.5 Å². The molecular weight excluding hydrogens is 567 g/mol. The quantitative estimate of drug-likeness (QED) is 0.195. The lowest BCUT2D eigenvalue weighted by Gasteiger charge is -2.11. The Bertz CT molecular complexity index is 2450. The molecular formula is C41H27N3S. The van der Waals surface area contributed by atoms with Crippen molar-refractivity contribution in [2.45, 2.75) is 0 Å². The van der Waals surface area contributed by atoms with Gasteiger partial charge in [0.25, 0.3) is 0 Å². The van der Waals surface area contributed by atoms with E-state index in [2.05, 4.69) is 160 Å². The Balaban J connectivity index is 1.26. The summed E-state index contributed by atoms with van der Waals surface area (Å²) in [5.74, 6) is 0.934. The van der Waals surface area contributed by atoms with Crippen LogP contribution in [-0.2, 0) is 0 Å². The fourth-order valence-electron chi connectivity index (χ4n) is 6.64. The van der Waals surface area contributed by atoms with E-state index in [0.717, 1.165) is 22.8 Å². The molecule has 0 fully saturated rings. The first-order valence-electron chi connectivity index (χ1n) is 15.1. The molecule has 9 rings (SSSR count). The van der Waals surface area contributed by atoms with Gasteiger partial charge in [0.15, 0.2) is 0 Å². The number of aromatic nitrogens is 3. The minimum absolute atomic E-state index is 0.934. The summed E-state index contributed by atoms with van der Waals surface area (Å²) in [5, 5.41) is 3.87. The smallest absolute Gasteiger partial charge is 0.144 e. The van der Waals surface area contributed by atoms with Crippen molar-refractivity contribution in [3.63, 3.8) is 0 Å². The van der Waals surface area contributed by atoms with Gasteiger partial charge in [-0.1, -0.05) is 115 Å². The fraction of sp³-hybridized carbons (Fsp3) is 0. The monoisotopic (exact) mass is 593 g/mol. The molecule has 0 atom stereocenters. The van der Waals surface area contributed by atoms with E-state index in [-0.39, 0.29) is 0 Å². The first-order chi connectivity index (χ1) is 22.3. The topological polar surface area (TPSA) is 22.8 Å². The van der Waals surface area contributed by atoms with Crippen LogP contribution in [0.15, 0.2) is 164 Å². The van der Waals surface area contributed by atoms with Gasteiger partial charge in [0.05, 0.1) is 11.0 Å². The van der Waals surface area contributed by atoms with E-state index in [4.69, 9.17) is 0 Å². The Morgan fingerprint density at radius 2 is 1.11 bits per heavy atom. The largest absolute Gasteiger partial charge is 0.309 e. The molecule has 0 saturated heterocycles. The Morgan fingerprint density at radius 1 is 0.489 bits per heavy atom. The molecule has 0 unspecified atom stereocenters. The van der Waals surface area contributed by atoms with Gasteiger partial charge in [0.2, 0.25) is 0 Å². The number of fused-ring (bicyclic) bond motifs is 5. The molecule has 3 aromatic heterocycles. The van der Waals surface area contributed by atoms with Gasteiger partial charge in [-0.25, -0.2) is 4.98 Å². The Kier molecular flexibility index (Phi) is 6.00. The number of nitrogens with zero attached hydrogens (tertiary/aromatic N) is 3. The minimum atomic E-state index is 0.934. The highest BCUT2D eigenvalue weighted by Gasteiger charge is 2.21. The van der Waals surface area contributed by atoms with Crippen LogP contribution in [0.1, 0.15) is 0 Å². The van der Waals surface area contributed by atoms with Crippen LogP contribution in [-0.4, -0.2) is 14.1 Å². The molecule has 0 radical (unpaired) electrons. The standard InChI is InChI=1S/C41H27N3S/c1-4-12-28(13-5-1)37-34-24-25-36-38(40(34)45-39(37)29-14-6-2-7-15-29)33-18-10-11-19-35(33)44(36)32-22-20-31(21-23-32)43-27-26-42-41(43)30-16-8-3-9-17-30/h1-27H. The Morgan fingerprint density at radius 3 is 1.84 bits per heavy atom. The molecule has 0 amide bonds. The maximum absolute atomic E-state index is 4.66. The van der Waals surface area contributed by atoms with Gasteiger partial charge >= 0.3 is 0 Å². The zero-order valence-electron chi connectivity index (χ0n) is 24.3. The van der Waals surface area contributed by atoms with Gasteiger partial charge in [0.1, 0.15) is 5.82 Å². The molecule has 212 valence electrons. The Hall–Kier alpha value is -5.71. The first kappa shape index (κ1) is 25.8. The van der Waals surface area contributed by atoms with Crippen molar-refractivity contribution in [2.24, 2.45) is 0 Å². The number of para-hydroxylation sites is 1. The molecule has 0 saturated carbocycles. The van der Waals surface area contributed by atoms with Crippen molar-refractivity contribution in [3.8, 4) is 44.3 Å². The summed E-state index contributed by atoms with van der Waals surface area (Å²) in [6.07, 6.45) is 3.89. The van der Waals surface area contributed by atoms with Crippen LogP contribution in [0.2, 0.25) is 0 Å². The third-order valence-corrected chi connectivity index (χ3v) is 9.92. The molecule has 0 bridgehead atoms. The van der Waals surface area contributed by atoms with E-state index in [0.29, 0.717) is 0 Å². The molecule has 4 heteroatoms. The average molecular weight is 594 g/mol. The number of imidazole rings is 1. The van der Waals surface area contributed by atoms with Crippen LogP contribution in [0.5, 0.6) is 0 Å². The SMILES string of the molecule is c1ccc(-c2sc3c(ccc4c3c3ccccc3n4-c3ccc(-n4ccnc4-c4ccccc4)cc3)c2-c2ccccc2)cc1. The van der Waals surface area contributed by atoms with Crippen molar-refractivity contribution in [1.29, 1.82) is 0 Å². The van der Waals surface area contributed by atoms with Crippen LogP contribution < -0.4 is 0 Å². The van der Waals surface area contributed by atoms with Crippen LogP contribution in [0.4, 0.5) is 0 Å². The van der Waals surface area contributed by atoms with E-state index >= 15 is 0 Å². The van der Waals surface area contributed by atoms with Crippen molar-refractivity contribution < 1.29 is 0 Å². The second kappa shape index (κ2) is 10.5. The van der Waals surface area contributed by atoms with Crippen molar-refractivity contribution in [2.75, 3.05) is 0 Å². The lowest BCUT2D eigenvalue weighted by molar-refractivity contribution is 1.06. The summed E-state index contributed by atoms with van der Waals surface area (Å²) >= 11 is 1.90. The molecule has 0 spiro atoms. The molecule has 0 N–H and O–H groups in total. The number of rotatable bonds is 5. The summed E-state index contributed by atoms with van der Waals surface area (Å²) in [4.78, 5) is 5.96. The second-order valence-corrected chi connectivity index (χ2v) is 12.3. The lowest BCUT2D eigenvalue weighted by Crippen LogP contribution is -1.98. The molecule has 9 aromatic rings. The van der Waals surface area contributed by atoms with Gasteiger partial charge in [-0.15, -0.1) is 11.3 Å². The van der Waals surface area contributed by atoms with Crippen LogP contribution in [0.3, 0.4) is 0 Å². The van der Waals surface area contributed by atoms with Crippen molar-refractivity contribution >= 4 is 43.2 Å². The average Bonchev–Trinajstić information content (AvgIpc) is 3.84. The highest BCUT2D eigenvalue weighted by molar-refractivity contribution is 7.24. The van der Waals surface area contributed by atoms with Crippen LogP contribution in [0, 0.1) is 0 Å². The number of hydrogen-bond acceptors (Lipinski definition) is 2. The summed E-state index contributed by atoms with van der Waals surface area (Å²) in [7, 11) is 0. The predicted molar refractivity (Wildman–Crippen MR) is 190 cm³/mol. The number of thiophene rings is 1. The zero-order chi connectivity index (χ0) is 29.7. The Labute approximate surface area is 264 Å². The van der Waals surface area contributed by atoms with Crippen molar-refractivity contribution in [1.82, 2.24) is 14.1 Å². The highest BCUT2D eigenvalue weighted by atomic mass is 32.1. The summed E-state index contributed by atoms with van der Waals surface area (Å²) in [6, 6.07) is 54.2. The molecule has 6 aromatic carbocycles. The fourth-order valence-corrected chi connectivity index (χ4v) is 8.03. The highest BCUT2D eigenvalue weighted by Crippen LogP contribution is 2.49. The van der Waals surface area contributed by atoms with Gasteiger partial charge in [-0.3, -0.25) is 4.57 Å². The summed E-state index contributed by atoms with van der Waals surface area (Å²) in [5.41, 5.74) is 9.53. The lowest BCUT2D eigenvalue weighted by atomic mass is 9.98. The van der Waals surface area contributed by atoms with Gasteiger partial charge in [-0.2, -0.15) is 0 Å².